The quantitative estimate of drug-likeness (QED) is 0.380. The van der Waals surface area contributed by atoms with E-state index in [1.807, 2.05) is 0 Å². The second-order valence-corrected chi connectivity index (χ2v) is 5.90. The Morgan fingerprint density at radius 1 is 1.26 bits per heavy atom. The summed E-state index contributed by atoms with van der Waals surface area (Å²) in [5, 5.41) is 30.3. The molecule has 3 rings (SSSR count). The number of aromatic nitrogens is 4. The summed E-state index contributed by atoms with van der Waals surface area (Å²) in [4.78, 5) is 26.5. The molecule has 2 aromatic rings. The van der Waals surface area contributed by atoms with Crippen LogP contribution < -0.4 is 0 Å². The molecule has 0 amide bonds. The normalized spacial score (nSPS) is 31.2. The Kier molecular flexibility index (Phi) is 4.46. The molecule has 23 heavy (non-hydrogen) atoms. The number of aliphatic hydroxyl groups is 3. The van der Waals surface area contributed by atoms with Gasteiger partial charge in [-0.1, -0.05) is 11.8 Å². The van der Waals surface area contributed by atoms with Crippen molar-refractivity contribution < 1.29 is 29.6 Å². The molecule has 124 valence electrons. The number of fused-ring (bicyclic) bond motifs is 1. The van der Waals surface area contributed by atoms with Crippen molar-refractivity contribution in [2.75, 3.05) is 7.11 Å². The van der Waals surface area contributed by atoms with Gasteiger partial charge in [0.1, 0.15) is 40.6 Å². The van der Waals surface area contributed by atoms with Crippen LogP contribution in [0.1, 0.15) is 0 Å². The number of esters is 1. The van der Waals surface area contributed by atoms with Crippen LogP contribution in [0.3, 0.4) is 0 Å². The van der Waals surface area contributed by atoms with Gasteiger partial charge in [-0.2, -0.15) is 0 Å². The average molecular weight is 342 g/mol. The fourth-order valence-electron chi connectivity index (χ4n) is 2.20. The molecule has 0 aliphatic carbocycles. The predicted molar refractivity (Wildman–Crippen MR) is 76.2 cm³/mol. The van der Waals surface area contributed by atoms with Gasteiger partial charge in [0.05, 0.1) is 13.4 Å². The molecule has 1 aliphatic heterocycles. The Morgan fingerprint density at radius 3 is 2.78 bits per heavy atom. The number of hydrogen-bond donors (Lipinski definition) is 4. The summed E-state index contributed by atoms with van der Waals surface area (Å²) in [7, 11) is 1.14. The Labute approximate surface area is 133 Å². The predicted octanol–water partition coefficient (Wildman–Crippen LogP) is -1.57. The molecule has 1 saturated heterocycles. The maximum Gasteiger partial charge on any atom is 0.337 e. The summed E-state index contributed by atoms with van der Waals surface area (Å²) in [5.41, 5.74) is -0.0830. The first-order valence-electron chi connectivity index (χ1n) is 6.61. The van der Waals surface area contributed by atoms with Crippen molar-refractivity contribution in [1.29, 1.82) is 0 Å². The average Bonchev–Trinajstić information content (AvgIpc) is 3.04. The second-order valence-electron chi connectivity index (χ2n) is 4.82. The van der Waals surface area contributed by atoms with Gasteiger partial charge in [-0.25, -0.2) is 19.7 Å². The molecule has 10 nitrogen and oxygen atoms in total. The maximum atomic E-state index is 11.6. The largest absolute Gasteiger partial charge is 0.467 e. The van der Waals surface area contributed by atoms with Crippen LogP contribution in [0.4, 0.5) is 0 Å². The molecule has 0 unspecified atom stereocenters. The van der Waals surface area contributed by atoms with Crippen molar-refractivity contribution in [1.82, 2.24) is 19.9 Å². The number of carbonyl (C=O) groups is 1. The third kappa shape index (κ3) is 2.88. The highest BCUT2D eigenvalue weighted by Crippen LogP contribution is 2.34. The summed E-state index contributed by atoms with van der Waals surface area (Å²) in [5.74, 6) is -0.844. The molecule has 0 radical (unpaired) electrons. The Morgan fingerprint density at radius 2 is 2.04 bits per heavy atom. The van der Waals surface area contributed by atoms with Crippen molar-refractivity contribution in [3.8, 4) is 0 Å². The summed E-state index contributed by atoms with van der Waals surface area (Å²) in [6.45, 7) is 0. The number of rotatable bonds is 3. The number of imidazole rings is 1. The number of thioether (sulfide) groups is 1. The van der Waals surface area contributed by atoms with Crippen molar-refractivity contribution >= 4 is 28.9 Å². The molecular weight excluding hydrogens is 328 g/mol. The first kappa shape index (κ1) is 16.1. The summed E-state index contributed by atoms with van der Waals surface area (Å²) in [6, 6.07) is 0. The van der Waals surface area contributed by atoms with E-state index in [0.717, 1.165) is 18.9 Å². The van der Waals surface area contributed by atoms with Crippen LogP contribution in [0.25, 0.3) is 11.2 Å². The molecule has 2 aromatic heterocycles. The van der Waals surface area contributed by atoms with Crippen LogP contribution in [-0.4, -0.2) is 78.2 Å². The van der Waals surface area contributed by atoms with Crippen LogP contribution in [0, 0.1) is 0 Å². The number of nitrogens with one attached hydrogen (secondary N) is 1. The van der Waals surface area contributed by atoms with Gasteiger partial charge in [0.25, 0.3) is 0 Å². The summed E-state index contributed by atoms with van der Waals surface area (Å²) < 4.78 is 9.93. The summed E-state index contributed by atoms with van der Waals surface area (Å²) in [6.07, 6.45) is -3.25. The zero-order valence-electron chi connectivity index (χ0n) is 11.9. The lowest BCUT2D eigenvalue weighted by atomic mass is 10.00. The first-order chi connectivity index (χ1) is 11.0. The van der Waals surface area contributed by atoms with Gasteiger partial charge in [0, 0.05) is 0 Å². The van der Waals surface area contributed by atoms with Crippen LogP contribution >= 0.6 is 11.8 Å². The number of nitrogens with zero attached hydrogens (tertiary/aromatic N) is 3. The Bertz CT molecular complexity index is 712. The SMILES string of the molecule is COC(=O)[C@H]1O[C@@H](Sc2ncnc3nc[nH]c23)[C@@H](O)[C@@H](O)[C@H]1O. The van der Waals surface area contributed by atoms with Crippen LogP contribution in [-0.2, 0) is 14.3 Å². The number of ether oxygens (including phenoxy) is 2. The lowest BCUT2D eigenvalue weighted by Crippen LogP contribution is -2.59. The van der Waals surface area contributed by atoms with Gasteiger partial charge in [-0.15, -0.1) is 0 Å². The van der Waals surface area contributed by atoms with Gasteiger partial charge in [-0.3, -0.25) is 0 Å². The van der Waals surface area contributed by atoms with Crippen molar-refractivity contribution in [3.63, 3.8) is 0 Å². The van der Waals surface area contributed by atoms with E-state index in [1.54, 1.807) is 0 Å². The number of methoxy groups -OCH3 is 1. The monoisotopic (exact) mass is 342 g/mol. The molecule has 3 heterocycles. The van der Waals surface area contributed by atoms with Crippen LogP contribution in [0.5, 0.6) is 0 Å². The third-order valence-electron chi connectivity index (χ3n) is 3.42. The number of H-pyrrole nitrogens is 1. The highest BCUT2D eigenvalue weighted by atomic mass is 32.2. The maximum absolute atomic E-state index is 11.6. The Hall–Kier alpha value is -1.79. The third-order valence-corrected chi connectivity index (χ3v) is 4.57. The van der Waals surface area contributed by atoms with Gasteiger partial charge in [0.2, 0.25) is 0 Å². The van der Waals surface area contributed by atoms with E-state index in [2.05, 4.69) is 24.7 Å². The van der Waals surface area contributed by atoms with Crippen molar-refractivity contribution in [3.05, 3.63) is 12.7 Å². The number of aliphatic hydroxyl groups excluding tert-OH is 3. The van der Waals surface area contributed by atoms with E-state index in [4.69, 9.17) is 4.74 Å². The summed E-state index contributed by atoms with van der Waals surface area (Å²) >= 11 is 0.971. The number of aromatic amines is 1. The van der Waals surface area contributed by atoms with Crippen LogP contribution in [0.15, 0.2) is 17.7 Å². The molecule has 0 saturated carbocycles. The zero-order valence-corrected chi connectivity index (χ0v) is 12.7. The standard InChI is InChI=1S/C12H14N4O6S/c1-21-11(20)8-6(18)5(17)7(19)12(22-8)23-10-4-9(14-2-13-4)15-3-16-10/h2-3,5-8,12,17-19H,1H3,(H,13,14,15,16)/t5-,6+,7-,8-,12-/m0/s1. The Balaban J connectivity index is 1.86. The molecule has 1 fully saturated rings. The number of hydrogen-bond acceptors (Lipinski definition) is 10. The minimum Gasteiger partial charge on any atom is -0.467 e. The highest BCUT2D eigenvalue weighted by Gasteiger charge is 2.47. The van der Waals surface area contributed by atoms with E-state index in [9.17, 15) is 20.1 Å². The topological polar surface area (TPSA) is 151 Å². The van der Waals surface area contributed by atoms with E-state index >= 15 is 0 Å². The fourth-order valence-corrected chi connectivity index (χ4v) is 3.27. The smallest absolute Gasteiger partial charge is 0.337 e. The fraction of sp³-hybridized carbons (Fsp3) is 0.500. The lowest BCUT2D eigenvalue weighted by Gasteiger charge is -2.38. The molecule has 4 N–H and O–H groups in total. The van der Waals surface area contributed by atoms with Crippen LogP contribution in [0.2, 0.25) is 0 Å². The van der Waals surface area contributed by atoms with Crippen molar-refractivity contribution in [2.24, 2.45) is 0 Å². The molecule has 0 spiro atoms. The van der Waals surface area contributed by atoms with Crippen molar-refractivity contribution in [2.45, 2.75) is 34.9 Å². The van der Waals surface area contributed by atoms with Gasteiger partial charge in [0.15, 0.2) is 11.8 Å². The number of carbonyl (C=O) groups excluding carboxylic acids is 1. The minimum atomic E-state index is -1.59. The molecule has 5 atom stereocenters. The van der Waals surface area contributed by atoms with E-state index in [-0.39, 0.29) is 0 Å². The first-order valence-corrected chi connectivity index (χ1v) is 7.49. The zero-order chi connectivity index (χ0) is 16.6. The molecule has 1 aliphatic rings. The molecule has 0 aromatic carbocycles. The van der Waals surface area contributed by atoms with Gasteiger partial charge < -0.3 is 29.8 Å². The van der Waals surface area contributed by atoms with E-state index in [1.165, 1.54) is 12.7 Å². The van der Waals surface area contributed by atoms with Gasteiger partial charge >= 0.3 is 5.97 Å². The molecular formula is C12H14N4O6S. The van der Waals surface area contributed by atoms with Gasteiger partial charge in [-0.05, 0) is 0 Å². The molecule has 11 heteroatoms. The minimum absolute atomic E-state index is 0.420. The van der Waals surface area contributed by atoms with E-state index < -0.39 is 35.8 Å². The lowest BCUT2D eigenvalue weighted by molar-refractivity contribution is -0.211. The van der Waals surface area contributed by atoms with E-state index in [0.29, 0.717) is 16.2 Å². The second kappa shape index (κ2) is 6.37. The molecule has 0 bridgehead atoms. The highest BCUT2D eigenvalue weighted by molar-refractivity contribution is 8.00.